The molecule has 0 aromatic heterocycles. The Morgan fingerprint density at radius 2 is 2.20 bits per heavy atom. The van der Waals surface area contributed by atoms with E-state index in [-0.39, 0.29) is 12.3 Å². The topological polar surface area (TPSA) is 58.9 Å². The Bertz CT molecular complexity index is 420. The highest BCUT2D eigenvalue weighted by Crippen LogP contribution is 2.33. The number of phenols is 1. The third-order valence-electron chi connectivity index (χ3n) is 2.36. The highest BCUT2D eigenvalue weighted by atomic mass is 16.5. The Labute approximate surface area is 88.2 Å². The lowest BCUT2D eigenvalue weighted by molar-refractivity contribution is 0.400. The van der Waals surface area contributed by atoms with E-state index in [9.17, 15) is 9.90 Å². The molecular formula is C11H13NO3. The summed E-state index contributed by atoms with van der Waals surface area (Å²) in [5.41, 5.74) is 2.13. The van der Waals surface area contributed by atoms with E-state index < -0.39 is 0 Å². The number of hydrogen-bond acceptors (Lipinski definition) is 4. The molecule has 0 bridgehead atoms. The summed E-state index contributed by atoms with van der Waals surface area (Å²) in [5, 5.41) is 9.85. The van der Waals surface area contributed by atoms with Crippen LogP contribution in [0, 0.1) is 13.8 Å². The fourth-order valence-electron chi connectivity index (χ4n) is 1.44. The number of phenolic OH excluding ortho intramolecular Hbond substituents is 1. The van der Waals surface area contributed by atoms with E-state index in [1.54, 1.807) is 14.0 Å². The molecule has 0 heterocycles. The number of rotatable bonds is 3. The molecule has 0 spiro atoms. The molecule has 15 heavy (non-hydrogen) atoms. The van der Waals surface area contributed by atoms with Gasteiger partial charge in [0.05, 0.1) is 13.7 Å². The summed E-state index contributed by atoms with van der Waals surface area (Å²) < 4.78 is 5.10. The molecule has 1 aromatic rings. The van der Waals surface area contributed by atoms with Crippen LogP contribution in [0.2, 0.25) is 0 Å². The van der Waals surface area contributed by atoms with Crippen LogP contribution in [0.25, 0.3) is 0 Å². The second-order valence-electron chi connectivity index (χ2n) is 3.26. The molecule has 4 nitrogen and oxygen atoms in total. The first-order valence-corrected chi connectivity index (χ1v) is 4.51. The average Bonchev–Trinajstić information content (AvgIpc) is 2.23. The van der Waals surface area contributed by atoms with Crippen molar-refractivity contribution < 1.29 is 14.6 Å². The van der Waals surface area contributed by atoms with E-state index in [0.29, 0.717) is 16.9 Å². The number of ether oxygens (including phenoxy) is 1. The molecule has 1 N–H and O–H groups in total. The van der Waals surface area contributed by atoms with Crippen LogP contribution in [0.5, 0.6) is 11.5 Å². The second-order valence-corrected chi connectivity index (χ2v) is 3.26. The SMILES string of the molecule is COc1cc(C)c(CN=C=O)c(O)c1C. The molecule has 1 rings (SSSR count). The number of methoxy groups -OCH3 is 1. The van der Waals surface area contributed by atoms with Gasteiger partial charge in [0.1, 0.15) is 11.5 Å². The molecule has 0 saturated carbocycles. The Morgan fingerprint density at radius 1 is 1.53 bits per heavy atom. The second kappa shape index (κ2) is 4.62. The highest BCUT2D eigenvalue weighted by Gasteiger charge is 2.12. The molecule has 0 aliphatic rings. The van der Waals surface area contributed by atoms with Crippen molar-refractivity contribution in [1.82, 2.24) is 0 Å². The van der Waals surface area contributed by atoms with E-state index >= 15 is 0 Å². The van der Waals surface area contributed by atoms with Crippen molar-refractivity contribution in [1.29, 1.82) is 0 Å². The quantitative estimate of drug-likeness (QED) is 0.607. The van der Waals surface area contributed by atoms with Gasteiger partial charge < -0.3 is 9.84 Å². The third-order valence-corrected chi connectivity index (χ3v) is 2.36. The van der Waals surface area contributed by atoms with Gasteiger partial charge in [0.2, 0.25) is 6.08 Å². The average molecular weight is 207 g/mol. The van der Waals surface area contributed by atoms with Crippen LogP contribution in [0.3, 0.4) is 0 Å². The Hall–Kier alpha value is -1.80. The first-order valence-electron chi connectivity index (χ1n) is 4.51. The summed E-state index contributed by atoms with van der Waals surface area (Å²) in [7, 11) is 1.55. The van der Waals surface area contributed by atoms with Crippen LogP contribution < -0.4 is 4.74 Å². The van der Waals surface area contributed by atoms with E-state index in [4.69, 9.17) is 4.74 Å². The summed E-state index contributed by atoms with van der Waals surface area (Å²) in [6.45, 7) is 3.73. The fraction of sp³-hybridized carbons (Fsp3) is 0.364. The van der Waals surface area contributed by atoms with Crippen molar-refractivity contribution >= 4 is 6.08 Å². The number of isocyanates is 1. The first-order chi connectivity index (χ1) is 7.11. The van der Waals surface area contributed by atoms with Gasteiger partial charge in [-0.15, -0.1) is 0 Å². The van der Waals surface area contributed by atoms with Gasteiger partial charge in [-0.2, -0.15) is 0 Å². The summed E-state index contributed by atoms with van der Waals surface area (Å²) in [6, 6.07) is 1.81. The van der Waals surface area contributed by atoms with Crippen molar-refractivity contribution in [3.8, 4) is 11.5 Å². The summed E-state index contributed by atoms with van der Waals surface area (Å²) >= 11 is 0. The fourth-order valence-corrected chi connectivity index (χ4v) is 1.44. The van der Waals surface area contributed by atoms with Crippen LogP contribution in [0.15, 0.2) is 11.1 Å². The number of benzene rings is 1. The lowest BCUT2D eigenvalue weighted by atomic mass is 10.0. The van der Waals surface area contributed by atoms with Gasteiger partial charge in [0.25, 0.3) is 0 Å². The summed E-state index contributed by atoms with van der Waals surface area (Å²) in [4.78, 5) is 13.5. The van der Waals surface area contributed by atoms with Gasteiger partial charge >= 0.3 is 0 Å². The van der Waals surface area contributed by atoms with Gasteiger partial charge in [-0.3, -0.25) is 0 Å². The van der Waals surface area contributed by atoms with E-state index in [1.807, 2.05) is 13.0 Å². The molecule has 0 fully saturated rings. The minimum atomic E-state index is 0.130. The minimum absolute atomic E-state index is 0.130. The molecule has 0 saturated heterocycles. The molecule has 0 radical (unpaired) electrons. The van der Waals surface area contributed by atoms with Crippen molar-refractivity contribution in [2.75, 3.05) is 7.11 Å². The maximum atomic E-state index is 10.0. The summed E-state index contributed by atoms with van der Waals surface area (Å²) in [6.07, 6.45) is 1.45. The normalized spacial score (nSPS) is 9.53. The molecule has 0 aliphatic heterocycles. The monoisotopic (exact) mass is 207 g/mol. The Balaban J connectivity index is 3.28. The van der Waals surface area contributed by atoms with Gasteiger partial charge in [0, 0.05) is 11.1 Å². The number of carbonyl (C=O) groups excluding carboxylic acids is 1. The van der Waals surface area contributed by atoms with Crippen LogP contribution in [-0.2, 0) is 11.3 Å². The summed E-state index contributed by atoms with van der Waals surface area (Å²) in [5.74, 6) is 0.759. The maximum Gasteiger partial charge on any atom is 0.235 e. The van der Waals surface area contributed by atoms with E-state index in [2.05, 4.69) is 4.99 Å². The van der Waals surface area contributed by atoms with Crippen molar-refractivity contribution in [2.24, 2.45) is 4.99 Å². The van der Waals surface area contributed by atoms with Crippen LogP contribution in [0.1, 0.15) is 16.7 Å². The predicted molar refractivity (Wildman–Crippen MR) is 56.0 cm³/mol. The number of hydrogen-bond donors (Lipinski definition) is 1. The van der Waals surface area contributed by atoms with Gasteiger partial charge in [0.15, 0.2) is 0 Å². The van der Waals surface area contributed by atoms with Gasteiger partial charge in [-0.05, 0) is 25.5 Å². The number of nitrogens with zero attached hydrogens (tertiary/aromatic N) is 1. The van der Waals surface area contributed by atoms with E-state index in [1.165, 1.54) is 6.08 Å². The van der Waals surface area contributed by atoms with Gasteiger partial charge in [-0.1, -0.05) is 0 Å². The van der Waals surface area contributed by atoms with Gasteiger partial charge in [-0.25, -0.2) is 9.79 Å². The van der Waals surface area contributed by atoms with Crippen LogP contribution in [0.4, 0.5) is 0 Å². The molecule has 1 aromatic carbocycles. The molecule has 0 atom stereocenters. The van der Waals surface area contributed by atoms with Crippen LogP contribution >= 0.6 is 0 Å². The smallest absolute Gasteiger partial charge is 0.235 e. The van der Waals surface area contributed by atoms with Crippen LogP contribution in [-0.4, -0.2) is 18.3 Å². The molecular weight excluding hydrogens is 194 g/mol. The highest BCUT2D eigenvalue weighted by molar-refractivity contribution is 5.52. The Kier molecular flexibility index (Phi) is 3.47. The maximum absolute atomic E-state index is 10.0. The predicted octanol–water partition coefficient (Wildman–Crippen LogP) is 1.85. The minimum Gasteiger partial charge on any atom is -0.507 e. The first kappa shape index (κ1) is 11.3. The molecule has 0 unspecified atom stereocenters. The number of aromatic hydroxyl groups is 1. The third kappa shape index (κ3) is 2.17. The standard InChI is InChI=1S/C11H13NO3/c1-7-4-10(15-3)8(2)11(14)9(7)5-12-6-13/h4,14H,5H2,1-3H3. The Morgan fingerprint density at radius 3 is 2.73 bits per heavy atom. The lowest BCUT2D eigenvalue weighted by Gasteiger charge is -2.12. The lowest BCUT2D eigenvalue weighted by Crippen LogP contribution is -1.95. The zero-order chi connectivity index (χ0) is 11.4. The molecule has 0 amide bonds. The van der Waals surface area contributed by atoms with E-state index in [0.717, 1.165) is 5.56 Å². The zero-order valence-electron chi connectivity index (χ0n) is 9.00. The number of aryl methyl sites for hydroxylation is 1. The zero-order valence-corrected chi connectivity index (χ0v) is 9.00. The molecule has 0 aliphatic carbocycles. The largest absolute Gasteiger partial charge is 0.507 e. The van der Waals surface area contributed by atoms with Crippen molar-refractivity contribution in [3.63, 3.8) is 0 Å². The number of aliphatic imine (C=N–C) groups is 1. The van der Waals surface area contributed by atoms with Crippen molar-refractivity contribution in [2.45, 2.75) is 20.4 Å². The molecule has 80 valence electrons. The molecule has 4 heteroatoms. The van der Waals surface area contributed by atoms with Crippen molar-refractivity contribution in [3.05, 3.63) is 22.8 Å².